The molecule has 3 aromatic heterocycles. The molecule has 5 nitrogen and oxygen atoms in total. The SMILES string of the molecule is O=C(c1cc2c(s1)CCCC2)N1CCc2[nH]cnc2[C@H]1c1cccnc1. The van der Waals surface area contributed by atoms with Gasteiger partial charge in [0.15, 0.2) is 0 Å². The Hall–Kier alpha value is -2.47. The summed E-state index contributed by atoms with van der Waals surface area (Å²) < 4.78 is 0. The van der Waals surface area contributed by atoms with Gasteiger partial charge < -0.3 is 9.88 Å². The van der Waals surface area contributed by atoms with E-state index in [2.05, 4.69) is 21.0 Å². The van der Waals surface area contributed by atoms with E-state index in [-0.39, 0.29) is 11.9 Å². The zero-order valence-electron chi connectivity index (χ0n) is 14.4. The minimum absolute atomic E-state index is 0.118. The van der Waals surface area contributed by atoms with E-state index in [1.807, 2.05) is 23.2 Å². The Morgan fingerprint density at radius 3 is 3.04 bits per heavy atom. The average Bonchev–Trinajstić information content (AvgIpc) is 3.33. The van der Waals surface area contributed by atoms with Crippen LogP contribution in [0.4, 0.5) is 0 Å². The lowest BCUT2D eigenvalue weighted by Crippen LogP contribution is -2.40. The molecule has 6 heteroatoms. The number of carbonyl (C=O) groups excluding carboxylic acids is 1. The number of aromatic amines is 1. The number of carbonyl (C=O) groups is 1. The van der Waals surface area contributed by atoms with Gasteiger partial charge in [-0.05, 0) is 48.9 Å². The molecule has 0 bridgehead atoms. The highest BCUT2D eigenvalue weighted by molar-refractivity contribution is 7.14. The van der Waals surface area contributed by atoms with Gasteiger partial charge in [0, 0.05) is 35.9 Å². The first-order valence-corrected chi connectivity index (χ1v) is 9.97. The summed E-state index contributed by atoms with van der Waals surface area (Å²) >= 11 is 1.68. The Balaban J connectivity index is 1.54. The quantitative estimate of drug-likeness (QED) is 0.757. The topological polar surface area (TPSA) is 61.9 Å². The summed E-state index contributed by atoms with van der Waals surface area (Å²) in [6.07, 6.45) is 10.8. The number of pyridine rings is 1. The smallest absolute Gasteiger partial charge is 0.264 e. The van der Waals surface area contributed by atoms with Crippen LogP contribution >= 0.6 is 11.3 Å². The number of hydrogen-bond donors (Lipinski definition) is 1. The molecule has 3 aromatic rings. The Morgan fingerprint density at radius 2 is 2.19 bits per heavy atom. The lowest BCUT2D eigenvalue weighted by molar-refractivity contribution is 0.0695. The van der Waals surface area contributed by atoms with Gasteiger partial charge in [-0.25, -0.2) is 4.98 Å². The van der Waals surface area contributed by atoms with Crippen molar-refractivity contribution < 1.29 is 4.79 Å². The summed E-state index contributed by atoms with van der Waals surface area (Å²) in [5.41, 5.74) is 4.45. The van der Waals surface area contributed by atoms with Gasteiger partial charge in [0.25, 0.3) is 5.91 Å². The number of aromatic nitrogens is 3. The van der Waals surface area contributed by atoms with Gasteiger partial charge in [0.1, 0.15) is 6.04 Å². The highest BCUT2D eigenvalue weighted by Gasteiger charge is 2.35. The molecular formula is C20H20N4OS. The van der Waals surface area contributed by atoms with Crippen LogP contribution in [0.15, 0.2) is 36.9 Å². The van der Waals surface area contributed by atoms with E-state index in [4.69, 9.17) is 0 Å². The number of imidazole rings is 1. The highest BCUT2D eigenvalue weighted by atomic mass is 32.1. The second-order valence-corrected chi connectivity index (χ2v) is 8.11. The van der Waals surface area contributed by atoms with Gasteiger partial charge in [-0.1, -0.05) is 6.07 Å². The summed E-state index contributed by atoms with van der Waals surface area (Å²) in [7, 11) is 0. The number of thiophene rings is 1. The molecule has 0 unspecified atom stereocenters. The fourth-order valence-electron chi connectivity index (χ4n) is 4.11. The molecule has 0 aromatic carbocycles. The normalized spacial score (nSPS) is 19.1. The number of nitrogens with one attached hydrogen (secondary N) is 1. The van der Waals surface area contributed by atoms with Crippen molar-refractivity contribution in [3.8, 4) is 0 Å². The molecule has 26 heavy (non-hydrogen) atoms. The van der Waals surface area contributed by atoms with Crippen molar-refractivity contribution in [1.29, 1.82) is 0 Å². The second-order valence-electron chi connectivity index (χ2n) is 6.97. The lowest BCUT2D eigenvalue weighted by Gasteiger charge is -2.34. The highest BCUT2D eigenvalue weighted by Crippen LogP contribution is 2.36. The van der Waals surface area contributed by atoms with Crippen molar-refractivity contribution in [1.82, 2.24) is 19.9 Å². The molecule has 1 aliphatic heterocycles. The molecule has 2 aliphatic rings. The Labute approximate surface area is 156 Å². The Morgan fingerprint density at radius 1 is 1.27 bits per heavy atom. The maximum Gasteiger partial charge on any atom is 0.264 e. The molecular weight excluding hydrogens is 344 g/mol. The molecule has 1 N–H and O–H groups in total. The van der Waals surface area contributed by atoms with Crippen molar-refractivity contribution in [2.24, 2.45) is 0 Å². The molecule has 4 heterocycles. The molecule has 0 radical (unpaired) electrons. The zero-order chi connectivity index (χ0) is 17.5. The summed E-state index contributed by atoms with van der Waals surface area (Å²) in [6, 6.07) is 5.90. The van der Waals surface area contributed by atoms with Crippen LogP contribution in [-0.2, 0) is 19.3 Å². The number of H-pyrrole nitrogens is 1. The van der Waals surface area contributed by atoms with E-state index in [0.29, 0.717) is 6.54 Å². The molecule has 0 saturated carbocycles. The fraction of sp³-hybridized carbons (Fsp3) is 0.350. The van der Waals surface area contributed by atoms with Crippen molar-refractivity contribution in [3.63, 3.8) is 0 Å². The molecule has 1 aliphatic carbocycles. The molecule has 0 spiro atoms. The summed E-state index contributed by atoms with van der Waals surface area (Å²) in [4.78, 5) is 29.7. The first-order valence-electron chi connectivity index (χ1n) is 9.16. The largest absolute Gasteiger partial charge is 0.348 e. The van der Waals surface area contributed by atoms with E-state index in [9.17, 15) is 4.79 Å². The van der Waals surface area contributed by atoms with Crippen LogP contribution in [-0.4, -0.2) is 32.3 Å². The van der Waals surface area contributed by atoms with Gasteiger partial charge in [-0.15, -0.1) is 11.3 Å². The number of nitrogens with zero attached hydrogens (tertiary/aromatic N) is 3. The predicted octanol–water partition coefficient (Wildman–Crippen LogP) is 3.53. The molecule has 0 saturated heterocycles. The first kappa shape index (κ1) is 15.8. The van der Waals surface area contributed by atoms with Crippen LogP contribution < -0.4 is 0 Å². The number of aryl methyl sites for hydroxylation is 2. The third-order valence-electron chi connectivity index (χ3n) is 5.39. The van der Waals surface area contributed by atoms with E-state index >= 15 is 0 Å². The molecule has 1 atom stereocenters. The second kappa shape index (κ2) is 6.36. The van der Waals surface area contributed by atoms with Crippen LogP contribution in [0.5, 0.6) is 0 Å². The Kier molecular flexibility index (Phi) is 3.85. The number of fused-ring (bicyclic) bond motifs is 2. The van der Waals surface area contributed by atoms with Crippen molar-refractivity contribution in [2.75, 3.05) is 6.54 Å². The first-order chi connectivity index (χ1) is 12.8. The number of amides is 1. The van der Waals surface area contributed by atoms with Crippen molar-refractivity contribution >= 4 is 17.2 Å². The van der Waals surface area contributed by atoms with E-state index in [0.717, 1.165) is 41.1 Å². The van der Waals surface area contributed by atoms with Crippen LogP contribution in [0.3, 0.4) is 0 Å². The molecule has 1 amide bonds. The third-order valence-corrected chi connectivity index (χ3v) is 6.62. The van der Waals surface area contributed by atoms with Crippen molar-refractivity contribution in [2.45, 2.75) is 38.1 Å². The van der Waals surface area contributed by atoms with Crippen LogP contribution in [0.1, 0.15) is 55.9 Å². The average molecular weight is 364 g/mol. The number of rotatable bonds is 2. The maximum absolute atomic E-state index is 13.4. The van der Waals surface area contributed by atoms with Gasteiger partial charge in [-0.3, -0.25) is 9.78 Å². The summed E-state index contributed by atoms with van der Waals surface area (Å²) in [6.45, 7) is 0.691. The van der Waals surface area contributed by atoms with Crippen LogP contribution in [0, 0.1) is 0 Å². The zero-order valence-corrected chi connectivity index (χ0v) is 15.3. The van der Waals surface area contributed by atoms with Gasteiger partial charge in [0.2, 0.25) is 0 Å². The minimum Gasteiger partial charge on any atom is -0.348 e. The third kappa shape index (κ3) is 2.56. The monoisotopic (exact) mass is 364 g/mol. The maximum atomic E-state index is 13.4. The molecule has 5 rings (SSSR count). The van der Waals surface area contributed by atoms with Crippen LogP contribution in [0.2, 0.25) is 0 Å². The Bertz CT molecular complexity index is 922. The lowest BCUT2D eigenvalue weighted by atomic mass is 9.96. The van der Waals surface area contributed by atoms with Gasteiger partial charge in [0.05, 0.1) is 16.9 Å². The fourth-order valence-corrected chi connectivity index (χ4v) is 5.32. The summed E-state index contributed by atoms with van der Waals surface area (Å²) in [5, 5.41) is 0. The number of hydrogen-bond acceptors (Lipinski definition) is 4. The molecule has 0 fully saturated rings. The van der Waals surface area contributed by atoms with Gasteiger partial charge in [-0.2, -0.15) is 0 Å². The predicted molar refractivity (Wildman–Crippen MR) is 100 cm³/mol. The summed E-state index contributed by atoms with van der Waals surface area (Å²) in [5.74, 6) is 0.118. The van der Waals surface area contributed by atoms with Gasteiger partial charge >= 0.3 is 0 Å². The van der Waals surface area contributed by atoms with E-state index < -0.39 is 0 Å². The minimum atomic E-state index is -0.176. The van der Waals surface area contributed by atoms with Crippen molar-refractivity contribution in [3.05, 3.63) is 69.2 Å². The van der Waals surface area contributed by atoms with E-state index in [1.165, 1.54) is 23.3 Å². The van der Waals surface area contributed by atoms with E-state index in [1.54, 1.807) is 23.9 Å². The molecule has 132 valence electrons. The standard InChI is InChI=1S/C20H20N4OS/c25-20(17-10-13-4-1-2-6-16(13)26-17)24-9-7-15-18(23-12-22-15)19(24)14-5-3-8-21-11-14/h3,5,8,10-12,19H,1-2,4,6-7,9H2,(H,22,23)/t19-/m1/s1. The van der Waals surface area contributed by atoms with Crippen LogP contribution in [0.25, 0.3) is 0 Å².